The molecule has 0 bridgehead atoms. The summed E-state index contributed by atoms with van der Waals surface area (Å²) >= 11 is 0. The van der Waals surface area contributed by atoms with Crippen molar-refractivity contribution in [1.29, 1.82) is 0 Å². The second-order valence-corrected chi connectivity index (χ2v) is 3.84. The molecule has 0 radical (unpaired) electrons. The number of hydrogen-bond acceptors (Lipinski definition) is 1. The molecular formula is C10H21N. The molecule has 1 heteroatoms. The lowest BCUT2D eigenvalue weighted by Crippen LogP contribution is -2.36. The molecule has 66 valence electrons. The summed E-state index contributed by atoms with van der Waals surface area (Å²) < 4.78 is 0. The van der Waals surface area contributed by atoms with Crippen molar-refractivity contribution >= 4 is 0 Å². The van der Waals surface area contributed by atoms with Crippen LogP contribution in [0.15, 0.2) is 0 Å². The Morgan fingerprint density at radius 2 is 1.91 bits per heavy atom. The molecule has 0 aliphatic heterocycles. The van der Waals surface area contributed by atoms with Crippen molar-refractivity contribution in [3.05, 3.63) is 0 Å². The van der Waals surface area contributed by atoms with Crippen molar-refractivity contribution in [2.75, 3.05) is 0 Å². The Morgan fingerprint density at radius 1 is 1.27 bits per heavy atom. The van der Waals surface area contributed by atoms with E-state index in [2.05, 4.69) is 13.8 Å². The topological polar surface area (TPSA) is 26.0 Å². The van der Waals surface area contributed by atoms with Gasteiger partial charge in [-0.1, -0.05) is 39.5 Å². The molecule has 1 rings (SSSR count). The van der Waals surface area contributed by atoms with E-state index in [1.54, 1.807) is 0 Å². The molecule has 0 amide bonds. The highest BCUT2D eigenvalue weighted by Crippen LogP contribution is 2.36. The molecule has 1 fully saturated rings. The summed E-state index contributed by atoms with van der Waals surface area (Å²) in [6.07, 6.45) is 6.74. The van der Waals surface area contributed by atoms with E-state index >= 15 is 0 Å². The molecule has 2 unspecified atom stereocenters. The molecule has 1 aliphatic carbocycles. The van der Waals surface area contributed by atoms with Crippen LogP contribution in [0, 0.1) is 11.8 Å². The minimum Gasteiger partial charge on any atom is -0.327 e. The fraction of sp³-hybridized carbons (Fsp3) is 1.00. The van der Waals surface area contributed by atoms with E-state index < -0.39 is 0 Å². The van der Waals surface area contributed by atoms with Gasteiger partial charge in [-0.05, 0) is 18.3 Å². The molecule has 0 aromatic carbocycles. The summed E-state index contributed by atoms with van der Waals surface area (Å²) in [6.45, 7) is 4.48. The number of nitrogens with two attached hydrogens (primary N) is 1. The Kier molecular flexibility index (Phi) is 3.38. The second-order valence-electron chi connectivity index (χ2n) is 3.84. The van der Waals surface area contributed by atoms with Gasteiger partial charge in [0, 0.05) is 6.04 Å². The lowest BCUT2D eigenvalue weighted by atomic mass is 9.71. The highest BCUT2D eigenvalue weighted by Gasteiger charge is 2.29. The smallest absolute Gasteiger partial charge is 0.00670 e. The molecule has 1 aliphatic rings. The van der Waals surface area contributed by atoms with Gasteiger partial charge < -0.3 is 5.73 Å². The van der Waals surface area contributed by atoms with Crippen LogP contribution in [-0.2, 0) is 0 Å². The van der Waals surface area contributed by atoms with Gasteiger partial charge in [0.15, 0.2) is 0 Å². The van der Waals surface area contributed by atoms with Crippen molar-refractivity contribution in [2.24, 2.45) is 17.6 Å². The largest absolute Gasteiger partial charge is 0.327 e. The van der Waals surface area contributed by atoms with E-state index in [0.29, 0.717) is 6.04 Å². The van der Waals surface area contributed by atoms with Crippen LogP contribution in [0.3, 0.4) is 0 Å². The van der Waals surface area contributed by atoms with Gasteiger partial charge in [-0.3, -0.25) is 0 Å². The molecule has 1 saturated carbocycles. The van der Waals surface area contributed by atoms with E-state index in [9.17, 15) is 0 Å². The highest BCUT2D eigenvalue weighted by atomic mass is 14.7. The summed E-state index contributed by atoms with van der Waals surface area (Å²) in [6, 6.07) is 0.463. The summed E-state index contributed by atoms with van der Waals surface area (Å²) in [5.41, 5.74) is 6.04. The Labute approximate surface area is 70.4 Å². The average molecular weight is 155 g/mol. The van der Waals surface area contributed by atoms with Crippen molar-refractivity contribution in [3.63, 3.8) is 0 Å². The van der Waals surface area contributed by atoms with Gasteiger partial charge in [-0.15, -0.1) is 0 Å². The van der Waals surface area contributed by atoms with Gasteiger partial charge in [0.05, 0.1) is 0 Å². The maximum atomic E-state index is 6.04. The summed E-state index contributed by atoms with van der Waals surface area (Å²) in [5.74, 6) is 1.78. The zero-order chi connectivity index (χ0) is 8.27. The lowest BCUT2D eigenvalue weighted by molar-refractivity contribution is 0.170. The quantitative estimate of drug-likeness (QED) is 0.663. The van der Waals surface area contributed by atoms with E-state index in [1.807, 2.05) is 0 Å². The fourth-order valence-corrected chi connectivity index (χ4v) is 2.16. The molecule has 2 atom stereocenters. The zero-order valence-corrected chi connectivity index (χ0v) is 7.84. The number of rotatable bonds is 4. The van der Waals surface area contributed by atoms with Crippen LogP contribution in [-0.4, -0.2) is 6.04 Å². The van der Waals surface area contributed by atoms with Gasteiger partial charge in [0.25, 0.3) is 0 Å². The summed E-state index contributed by atoms with van der Waals surface area (Å²) in [4.78, 5) is 0. The molecule has 11 heavy (non-hydrogen) atoms. The van der Waals surface area contributed by atoms with E-state index in [0.717, 1.165) is 18.3 Å². The third-order valence-corrected chi connectivity index (χ3v) is 3.25. The first-order valence-corrected chi connectivity index (χ1v) is 5.05. The zero-order valence-electron chi connectivity index (χ0n) is 7.84. The van der Waals surface area contributed by atoms with Crippen molar-refractivity contribution < 1.29 is 0 Å². The first-order valence-electron chi connectivity index (χ1n) is 5.05. The van der Waals surface area contributed by atoms with E-state index in [4.69, 9.17) is 5.73 Å². The molecule has 0 aromatic rings. The van der Waals surface area contributed by atoms with Gasteiger partial charge >= 0.3 is 0 Å². The fourth-order valence-electron chi connectivity index (χ4n) is 2.16. The third kappa shape index (κ3) is 1.96. The first-order chi connectivity index (χ1) is 5.29. The van der Waals surface area contributed by atoms with Gasteiger partial charge in [0.2, 0.25) is 0 Å². The van der Waals surface area contributed by atoms with Crippen molar-refractivity contribution in [3.8, 4) is 0 Å². The van der Waals surface area contributed by atoms with Gasteiger partial charge in [-0.2, -0.15) is 0 Å². The maximum Gasteiger partial charge on any atom is 0.00670 e. The summed E-state index contributed by atoms with van der Waals surface area (Å²) in [7, 11) is 0. The van der Waals surface area contributed by atoms with Crippen LogP contribution in [0.25, 0.3) is 0 Å². The van der Waals surface area contributed by atoms with Crippen molar-refractivity contribution in [2.45, 2.75) is 52.0 Å². The third-order valence-electron chi connectivity index (χ3n) is 3.25. The molecule has 0 saturated heterocycles. The van der Waals surface area contributed by atoms with E-state index in [-0.39, 0.29) is 0 Å². The summed E-state index contributed by atoms with van der Waals surface area (Å²) in [5, 5.41) is 0. The van der Waals surface area contributed by atoms with Crippen LogP contribution in [0.1, 0.15) is 46.0 Å². The van der Waals surface area contributed by atoms with Crippen LogP contribution in [0.2, 0.25) is 0 Å². The Bertz CT molecular complexity index is 103. The lowest BCUT2D eigenvalue weighted by Gasteiger charge is -2.36. The highest BCUT2D eigenvalue weighted by molar-refractivity contribution is 4.82. The molecule has 0 heterocycles. The minimum absolute atomic E-state index is 0.463. The van der Waals surface area contributed by atoms with Crippen LogP contribution < -0.4 is 5.73 Å². The van der Waals surface area contributed by atoms with Gasteiger partial charge in [0.1, 0.15) is 0 Å². The normalized spacial score (nSPS) is 24.3. The monoisotopic (exact) mass is 155 g/mol. The Balaban J connectivity index is 2.34. The van der Waals surface area contributed by atoms with Crippen LogP contribution >= 0.6 is 0 Å². The van der Waals surface area contributed by atoms with Crippen LogP contribution in [0.4, 0.5) is 0 Å². The minimum atomic E-state index is 0.463. The Hall–Kier alpha value is -0.0400. The maximum absolute atomic E-state index is 6.04. The molecule has 1 nitrogen and oxygen atoms in total. The molecule has 0 spiro atoms. The predicted octanol–water partition coefficient (Wildman–Crippen LogP) is 2.55. The molecular weight excluding hydrogens is 134 g/mol. The Morgan fingerprint density at radius 3 is 2.18 bits per heavy atom. The van der Waals surface area contributed by atoms with Gasteiger partial charge in [-0.25, -0.2) is 0 Å². The SMILES string of the molecule is CCC(N)C(CC)C1CCC1. The molecule has 2 N–H and O–H groups in total. The second kappa shape index (κ2) is 4.10. The standard InChI is InChI=1S/C10H21N/c1-3-9(10(11)4-2)8-6-5-7-8/h8-10H,3-7,11H2,1-2H3. The average Bonchev–Trinajstić information content (AvgIpc) is 1.94. The molecule has 0 aromatic heterocycles. The van der Waals surface area contributed by atoms with E-state index in [1.165, 1.54) is 25.7 Å². The van der Waals surface area contributed by atoms with Crippen LogP contribution in [0.5, 0.6) is 0 Å². The predicted molar refractivity (Wildman–Crippen MR) is 49.4 cm³/mol. The number of hydrogen-bond donors (Lipinski definition) is 1. The van der Waals surface area contributed by atoms with Crippen molar-refractivity contribution in [1.82, 2.24) is 0 Å². The first kappa shape index (κ1) is 9.05.